The molecule has 0 unspecified atom stereocenters. The SMILES string of the molecule is Cc1ccc(-c2[c-]cccc2)nc1.[2H]C([2H])([2H])c1ccc2c(n1)oc1c(-c3cc4c5c(sc4cn3)CCCC5)[c-]ccc12.[Ir]. The van der Waals surface area contributed by atoms with Crippen LogP contribution in [0.25, 0.3) is 54.7 Å². The molecule has 41 heavy (non-hydrogen) atoms. The van der Waals surface area contributed by atoms with Crippen molar-refractivity contribution in [2.75, 3.05) is 0 Å². The van der Waals surface area contributed by atoms with Gasteiger partial charge in [-0.3, -0.25) is 0 Å². The fourth-order valence-electron chi connectivity index (χ4n) is 5.30. The number of furan rings is 1. The second-order valence-electron chi connectivity index (χ2n) is 10.0. The Kier molecular flexibility index (Phi) is 6.81. The number of benzene rings is 2. The number of aryl methyl sites for hydroxylation is 4. The van der Waals surface area contributed by atoms with Crippen molar-refractivity contribution in [2.45, 2.75) is 39.5 Å². The Hall–Kier alpha value is -3.70. The quantitative estimate of drug-likeness (QED) is 0.167. The van der Waals surface area contributed by atoms with E-state index < -0.39 is 6.85 Å². The van der Waals surface area contributed by atoms with Gasteiger partial charge in [-0.25, -0.2) is 4.98 Å². The van der Waals surface area contributed by atoms with Crippen molar-refractivity contribution >= 4 is 43.5 Å². The minimum Gasteiger partial charge on any atom is -0.486 e. The van der Waals surface area contributed by atoms with E-state index in [1.54, 1.807) is 12.1 Å². The number of hydrogen-bond acceptors (Lipinski definition) is 5. The average Bonchev–Trinajstić information content (AvgIpc) is 3.59. The van der Waals surface area contributed by atoms with E-state index in [1.807, 2.05) is 73.1 Å². The second kappa shape index (κ2) is 11.7. The fraction of sp³-hybridized carbons (Fsp3) is 0.171. The van der Waals surface area contributed by atoms with Gasteiger partial charge in [0.2, 0.25) is 5.71 Å². The number of aromatic nitrogens is 3. The maximum atomic E-state index is 7.61. The molecule has 0 atom stereocenters. The zero-order valence-electron chi connectivity index (χ0n) is 25.3. The minimum absolute atomic E-state index is 0. The van der Waals surface area contributed by atoms with Crippen molar-refractivity contribution < 1.29 is 28.6 Å². The van der Waals surface area contributed by atoms with Crippen LogP contribution < -0.4 is 0 Å². The number of fused-ring (bicyclic) bond motifs is 6. The molecule has 8 rings (SSSR count). The van der Waals surface area contributed by atoms with E-state index >= 15 is 0 Å². The van der Waals surface area contributed by atoms with Crippen molar-refractivity contribution in [3.8, 4) is 22.5 Å². The molecular formula is C35H27IrN3OS-2. The van der Waals surface area contributed by atoms with Gasteiger partial charge in [0, 0.05) is 52.6 Å². The Morgan fingerprint density at radius 1 is 0.878 bits per heavy atom. The zero-order chi connectivity index (χ0) is 29.6. The molecule has 4 nitrogen and oxygen atoms in total. The molecule has 0 amide bonds. The molecule has 0 N–H and O–H groups in total. The number of hydrogen-bond donors (Lipinski definition) is 0. The predicted molar refractivity (Wildman–Crippen MR) is 164 cm³/mol. The van der Waals surface area contributed by atoms with E-state index in [1.165, 1.54) is 38.9 Å². The molecule has 0 saturated heterocycles. The Bertz CT molecular complexity index is 2090. The van der Waals surface area contributed by atoms with E-state index in [0.29, 0.717) is 11.3 Å². The molecule has 5 aromatic heterocycles. The van der Waals surface area contributed by atoms with E-state index in [-0.39, 0.29) is 25.8 Å². The van der Waals surface area contributed by atoms with Crippen LogP contribution in [0.3, 0.4) is 0 Å². The summed E-state index contributed by atoms with van der Waals surface area (Å²) in [5, 5.41) is 2.96. The first-order valence-electron chi connectivity index (χ1n) is 14.9. The monoisotopic (exact) mass is 733 g/mol. The molecule has 0 bridgehead atoms. The van der Waals surface area contributed by atoms with Crippen molar-refractivity contribution in [1.29, 1.82) is 0 Å². The van der Waals surface area contributed by atoms with Gasteiger partial charge >= 0.3 is 0 Å². The first-order chi connectivity index (χ1) is 20.8. The third-order valence-electron chi connectivity index (χ3n) is 7.29. The Morgan fingerprint density at radius 2 is 1.78 bits per heavy atom. The summed E-state index contributed by atoms with van der Waals surface area (Å²) in [4.78, 5) is 14.8. The third kappa shape index (κ3) is 5.36. The summed E-state index contributed by atoms with van der Waals surface area (Å²) < 4.78 is 30.1. The summed E-state index contributed by atoms with van der Waals surface area (Å²) in [6.45, 7) is -0.238. The van der Waals surface area contributed by atoms with Gasteiger partial charge in [0.25, 0.3) is 0 Å². The average molecular weight is 733 g/mol. The van der Waals surface area contributed by atoms with Crippen molar-refractivity contribution in [3.05, 3.63) is 113 Å². The van der Waals surface area contributed by atoms with Gasteiger partial charge < -0.3 is 14.4 Å². The van der Waals surface area contributed by atoms with Gasteiger partial charge in [-0.05, 0) is 79.5 Å². The normalized spacial score (nSPS) is 13.9. The van der Waals surface area contributed by atoms with Crippen molar-refractivity contribution in [3.63, 3.8) is 0 Å². The van der Waals surface area contributed by atoms with Crippen LogP contribution in [0.5, 0.6) is 0 Å². The van der Waals surface area contributed by atoms with E-state index in [2.05, 4.69) is 34.2 Å². The predicted octanol–water partition coefficient (Wildman–Crippen LogP) is 9.10. The molecule has 0 aliphatic heterocycles. The number of rotatable bonds is 2. The topological polar surface area (TPSA) is 51.8 Å². The van der Waals surface area contributed by atoms with Crippen molar-refractivity contribution in [2.24, 2.45) is 0 Å². The van der Waals surface area contributed by atoms with Crippen LogP contribution in [0, 0.1) is 25.9 Å². The number of thiophene rings is 1. The van der Waals surface area contributed by atoms with Crippen LogP contribution >= 0.6 is 11.3 Å². The molecular weight excluding hydrogens is 703 g/mol. The Balaban J connectivity index is 0.000000207. The summed E-state index contributed by atoms with van der Waals surface area (Å²) in [6, 6.07) is 27.6. The maximum absolute atomic E-state index is 7.61. The third-order valence-corrected chi connectivity index (χ3v) is 8.54. The van der Waals surface area contributed by atoms with Gasteiger partial charge in [0.15, 0.2) is 0 Å². The van der Waals surface area contributed by atoms with Gasteiger partial charge in [-0.2, -0.15) is 0 Å². The van der Waals surface area contributed by atoms with E-state index in [4.69, 9.17) is 13.5 Å². The molecule has 0 spiro atoms. The van der Waals surface area contributed by atoms with E-state index in [9.17, 15) is 0 Å². The van der Waals surface area contributed by atoms with Crippen LogP contribution in [-0.4, -0.2) is 15.0 Å². The van der Waals surface area contributed by atoms with Gasteiger partial charge in [0.1, 0.15) is 0 Å². The summed E-state index contributed by atoms with van der Waals surface area (Å²) in [5.41, 5.74) is 7.25. The molecule has 0 saturated carbocycles. The van der Waals surface area contributed by atoms with Crippen LogP contribution in [0.2, 0.25) is 0 Å². The molecule has 7 aromatic rings. The van der Waals surface area contributed by atoms with Gasteiger partial charge in [-0.1, -0.05) is 29.1 Å². The van der Waals surface area contributed by atoms with Crippen LogP contribution in [0.1, 0.15) is 38.7 Å². The molecule has 2 aromatic carbocycles. The largest absolute Gasteiger partial charge is 0.486 e. The second-order valence-corrected chi connectivity index (χ2v) is 11.2. The molecule has 1 aliphatic rings. The first-order valence-corrected chi connectivity index (χ1v) is 14.2. The molecule has 205 valence electrons. The molecule has 0 fully saturated rings. The van der Waals surface area contributed by atoms with Crippen LogP contribution in [0.15, 0.2) is 83.5 Å². The standard InChI is InChI=1S/C23H17N2OS.C12H10N.Ir/c1-13-9-10-16-15-6-4-7-17(22(15)26-23(16)25-13)19-11-18-14-5-2-3-8-20(14)27-21(18)12-24-19;1-10-7-8-12(13-9-10)11-5-3-2-4-6-11;/h4,6,9-12H,2-3,5,8H2,1H3;2-5,7-9H,1H3;/q2*-1;/i1D3;;. The van der Waals surface area contributed by atoms with Gasteiger partial charge in [0.05, 0.1) is 10.3 Å². The minimum atomic E-state index is -2.27. The number of nitrogens with zero attached hydrogens (tertiary/aromatic N) is 3. The Morgan fingerprint density at radius 3 is 2.61 bits per heavy atom. The summed E-state index contributed by atoms with van der Waals surface area (Å²) >= 11 is 1.86. The van der Waals surface area contributed by atoms with Crippen molar-refractivity contribution in [1.82, 2.24) is 15.0 Å². The molecule has 5 heterocycles. The van der Waals surface area contributed by atoms with Crippen LogP contribution in [0.4, 0.5) is 0 Å². The summed E-state index contributed by atoms with van der Waals surface area (Å²) in [5.74, 6) is 0. The maximum Gasteiger partial charge on any atom is 0.216 e. The fourth-order valence-corrected chi connectivity index (χ4v) is 6.54. The first kappa shape index (κ1) is 24.0. The molecule has 1 radical (unpaired) electrons. The van der Waals surface area contributed by atoms with Gasteiger partial charge in [-0.15, -0.1) is 65.4 Å². The summed E-state index contributed by atoms with van der Waals surface area (Å²) in [7, 11) is 0. The molecule has 6 heteroatoms. The smallest absolute Gasteiger partial charge is 0.216 e. The molecule has 1 aliphatic carbocycles. The zero-order valence-corrected chi connectivity index (χ0v) is 25.5. The van der Waals surface area contributed by atoms with Crippen LogP contribution in [-0.2, 0) is 32.9 Å². The summed E-state index contributed by atoms with van der Waals surface area (Å²) in [6.07, 6.45) is 8.60. The number of pyridine rings is 3. The van der Waals surface area contributed by atoms with E-state index in [0.717, 1.165) is 46.1 Å². The Labute approximate surface area is 261 Å².